The number of carboxylic acid groups (broad SMARTS) is 1. The van der Waals surface area contributed by atoms with Crippen molar-refractivity contribution >= 4 is 29.5 Å². The maximum Gasteiger partial charge on any atom is 0.346 e. The number of phenolic OH excluding ortho intramolecular Hbond substituents is 1. The average molecular weight is 365 g/mol. The van der Waals surface area contributed by atoms with E-state index in [9.17, 15) is 24.6 Å². The molecule has 0 bridgehead atoms. The molecule has 1 aromatic rings. The highest BCUT2D eigenvalue weighted by Crippen LogP contribution is 2.54. The second-order valence-corrected chi connectivity index (χ2v) is 8.43. The molecule has 0 radical (unpaired) electrons. The summed E-state index contributed by atoms with van der Waals surface area (Å²) < 4.78 is -0.893. The van der Waals surface area contributed by atoms with Crippen LogP contribution in [0.3, 0.4) is 0 Å². The summed E-state index contributed by atoms with van der Waals surface area (Å²) in [6, 6.07) is 5.39. The van der Waals surface area contributed by atoms with E-state index in [0.717, 1.165) is 4.90 Å². The number of rotatable bonds is 4. The Morgan fingerprint density at radius 1 is 1.32 bits per heavy atom. The van der Waals surface area contributed by atoms with Crippen LogP contribution in [0.5, 0.6) is 5.75 Å². The fourth-order valence-electron chi connectivity index (χ4n) is 3.16. The summed E-state index contributed by atoms with van der Waals surface area (Å²) in [5.74, 6) is -2.01. The van der Waals surface area contributed by atoms with Crippen molar-refractivity contribution in [3.8, 4) is 5.75 Å². The SMILES string of the molecule is CC1(C)S[C@@H]2[C@H](NC(=O)Cc3ccc(O)cc3)C(=O)N2[C@@]1(N)C(=O)O. The molecule has 2 fully saturated rings. The molecule has 2 aliphatic heterocycles. The zero-order valence-electron chi connectivity index (χ0n) is 13.7. The zero-order valence-corrected chi connectivity index (χ0v) is 14.5. The van der Waals surface area contributed by atoms with Gasteiger partial charge in [0, 0.05) is 0 Å². The van der Waals surface area contributed by atoms with Crippen LogP contribution in [0.25, 0.3) is 0 Å². The second-order valence-electron chi connectivity index (χ2n) is 6.69. The number of aliphatic carboxylic acids is 1. The molecule has 3 rings (SSSR count). The number of fused-ring (bicyclic) bond motifs is 1. The predicted molar refractivity (Wildman–Crippen MR) is 90.6 cm³/mol. The number of hydrogen-bond acceptors (Lipinski definition) is 6. The average Bonchev–Trinajstić information content (AvgIpc) is 2.73. The van der Waals surface area contributed by atoms with E-state index < -0.39 is 33.7 Å². The largest absolute Gasteiger partial charge is 0.508 e. The Morgan fingerprint density at radius 3 is 2.48 bits per heavy atom. The van der Waals surface area contributed by atoms with Gasteiger partial charge >= 0.3 is 5.97 Å². The minimum absolute atomic E-state index is 0.0531. The number of amides is 2. The highest BCUT2D eigenvalue weighted by Gasteiger charge is 2.71. The molecule has 2 amide bonds. The normalized spacial score (nSPS) is 29.7. The van der Waals surface area contributed by atoms with E-state index in [4.69, 9.17) is 5.73 Å². The number of hydrogen-bond donors (Lipinski definition) is 4. The van der Waals surface area contributed by atoms with Crippen molar-refractivity contribution in [3.63, 3.8) is 0 Å². The maximum atomic E-state index is 12.4. The third kappa shape index (κ3) is 2.54. The number of β-lactam (4-membered cyclic amide) rings is 1. The van der Waals surface area contributed by atoms with Gasteiger partial charge in [-0.2, -0.15) is 0 Å². The van der Waals surface area contributed by atoms with Gasteiger partial charge in [-0.25, -0.2) is 4.79 Å². The van der Waals surface area contributed by atoms with Crippen LogP contribution in [0.4, 0.5) is 0 Å². The van der Waals surface area contributed by atoms with E-state index in [0.29, 0.717) is 5.56 Å². The van der Waals surface area contributed by atoms with Crippen LogP contribution in [0.1, 0.15) is 19.4 Å². The number of aromatic hydroxyl groups is 1. The third-order valence-corrected chi connectivity index (χ3v) is 6.32. The van der Waals surface area contributed by atoms with Gasteiger partial charge in [-0.3, -0.25) is 20.2 Å². The molecule has 8 nitrogen and oxygen atoms in total. The van der Waals surface area contributed by atoms with Crippen LogP contribution in [0, 0.1) is 0 Å². The smallest absolute Gasteiger partial charge is 0.346 e. The van der Waals surface area contributed by atoms with Crippen LogP contribution in [0.15, 0.2) is 24.3 Å². The van der Waals surface area contributed by atoms with Crippen molar-refractivity contribution in [2.45, 2.75) is 42.1 Å². The van der Waals surface area contributed by atoms with E-state index in [2.05, 4.69) is 5.32 Å². The highest BCUT2D eigenvalue weighted by atomic mass is 32.2. The summed E-state index contributed by atoms with van der Waals surface area (Å²) in [5, 5.41) is 20.9. The van der Waals surface area contributed by atoms with Gasteiger partial charge in [-0.15, -0.1) is 11.8 Å². The Morgan fingerprint density at radius 2 is 1.92 bits per heavy atom. The highest BCUT2D eigenvalue weighted by molar-refractivity contribution is 8.01. The number of nitrogens with one attached hydrogen (secondary N) is 1. The van der Waals surface area contributed by atoms with Crippen molar-refractivity contribution in [3.05, 3.63) is 29.8 Å². The monoisotopic (exact) mass is 365 g/mol. The molecule has 134 valence electrons. The molecule has 0 saturated carbocycles. The summed E-state index contributed by atoms with van der Waals surface area (Å²) >= 11 is 1.27. The summed E-state index contributed by atoms with van der Waals surface area (Å²) in [6.07, 6.45) is 0.0531. The quantitative estimate of drug-likeness (QED) is 0.546. The van der Waals surface area contributed by atoms with Crippen LogP contribution in [-0.2, 0) is 20.8 Å². The number of nitrogens with zero attached hydrogens (tertiary/aromatic N) is 1. The first-order chi connectivity index (χ1) is 11.6. The van der Waals surface area contributed by atoms with Crippen LogP contribution < -0.4 is 11.1 Å². The number of carbonyl (C=O) groups is 3. The van der Waals surface area contributed by atoms with E-state index in [1.807, 2.05) is 0 Å². The topological polar surface area (TPSA) is 133 Å². The van der Waals surface area contributed by atoms with Gasteiger partial charge in [-0.05, 0) is 31.5 Å². The molecule has 0 aliphatic carbocycles. The Labute approximate surface area is 148 Å². The number of carboxylic acids is 1. The molecular formula is C16H19N3O5S. The van der Waals surface area contributed by atoms with E-state index >= 15 is 0 Å². The number of nitrogens with two attached hydrogens (primary N) is 1. The van der Waals surface area contributed by atoms with Gasteiger partial charge in [0.1, 0.15) is 17.2 Å². The number of phenols is 1. The van der Waals surface area contributed by atoms with Crippen LogP contribution in [0.2, 0.25) is 0 Å². The standard InChI is InChI=1S/C16H19N3O5S/c1-15(2)16(17,14(23)24)19-12(22)11(13(19)25-15)18-10(21)7-8-3-5-9(20)6-4-8/h3-6,11,13,20H,7,17H2,1-2H3,(H,18,21)(H,23,24)/t11-,13-,16+/m1/s1. The number of carbonyl (C=O) groups excluding carboxylic acids is 2. The van der Waals surface area contributed by atoms with E-state index in [1.54, 1.807) is 26.0 Å². The van der Waals surface area contributed by atoms with Gasteiger partial charge in [0.2, 0.25) is 11.6 Å². The van der Waals surface area contributed by atoms with Crippen molar-refractivity contribution in [2.75, 3.05) is 0 Å². The predicted octanol–water partition coefficient (Wildman–Crippen LogP) is -0.147. The number of benzene rings is 1. The van der Waals surface area contributed by atoms with E-state index in [-0.39, 0.29) is 18.1 Å². The van der Waals surface area contributed by atoms with Gasteiger partial charge < -0.3 is 15.5 Å². The van der Waals surface area contributed by atoms with Crippen molar-refractivity contribution in [1.82, 2.24) is 10.2 Å². The third-order valence-electron chi connectivity index (χ3n) is 4.70. The van der Waals surface area contributed by atoms with Crippen molar-refractivity contribution < 1.29 is 24.6 Å². The molecule has 2 heterocycles. The van der Waals surface area contributed by atoms with Gasteiger partial charge in [-0.1, -0.05) is 12.1 Å². The first kappa shape index (κ1) is 17.6. The van der Waals surface area contributed by atoms with Gasteiger partial charge in [0.05, 0.1) is 11.2 Å². The summed E-state index contributed by atoms with van der Waals surface area (Å²) in [5.41, 5.74) is 4.92. The second kappa shape index (κ2) is 5.63. The molecule has 1 aromatic carbocycles. The molecule has 0 aromatic heterocycles. The lowest BCUT2D eigenvalue weighted by molar-refractivity contribution is -0.171. The van der Waals surface area contributed by atoms with E-state index in [1.165, 1.54) is 23.9 Å². The molecular weight excluding hydrogens is 346 g/mol. The fraction of sp³-hybridized carbons (Fsp3) is 0.438. The molecule has 0 spiro atoms. The molecule has 9 heteroatoms. The van der Waals surface area contributed by atoms with Crippen LogP contribution in [-0.4, -0.2) is 54.7 Å². The summed E-state index contributed by atoms with van der Waals surface area (Å²) in [7, 11) is 0. The first-order valence-corrected chi connectivity index (χ1v) is 8.56. The summed E-state index contributed by atoms with van der Waals surface area (Å²) in [4.78, 5) is 37.4. The Balaban J connectivity index is 1.70. The molecule has 2 aliphatic rings. The lowest BCUT2D eigenvalue weighted by Crippen LogP contribution is -2.78. The van der Waals surface area contributed by atoms with Crippen molar-refractivity contribution in [2.24, 2.45) is 5.73 Å². The van der Waals surface area contributed by atoms with Gasteiger partial charge in [0.25, 0.3) is 5.91 Å². The molecule has 5 N–H and O–H groups in total. The lowest BCUT2D eigenvalue weighted by Gasteiger charge is -2.47. The van der Waals surface area contributed by atoms with Crippen molar-refractivity contribution in [1.29, 1.82) is 0 Å². The van der Waals surface area contributed by atoms with Crippen LogP contribution >= 0.6 is 11.8 Å². The first-order valence-electron chi connectivity index (χ1n) is 7.68. The molecule has 3 atom stereocenters. The molecule has 25 heavy (non-hydrogen) atoms. The Kier molecular flexibility index (Phi) is 3.96. The Bertz CT molecular complexity index is 751. The Hall–Kier alpha value is -2.26. The number of thioether (sulfide) groups is 1. The molecule has 2 saturated heterocycles. The van der Waals surface area contributed by atoms with Gasteiger partial charge in [0.15, 0.2) is 0 Å². The minimum atomic E-state index is -1.81. The summed E-state index contributed by atoms with van der Waals surface area (Å²) in [6.45, 7) is 3.35. The minimum Gasteiger partial charge on any atom is -0.508 e. The molecule has 0 unspecified atom stereocenters. The lowest BCUT2D eigenvalue weighted by atomic mass is 9.89. The maximum absolute atomic E-state index is 12.4. The fourth-order valence-corrected chi connectivity index (χ4v) is 4.82. The zero-order chi connectivity index (χ0) is 18.6.